The van der Waals surface area contributed by atoms with Gasteiger partial charge >= 0.3 is 5.97 Å². The van der Waals surface area contributed by atoms with Crippen molar-refractivity contribution in [2.45, 2.75) is 13.3 Å². The maximum absolute atomic E-state index is 12.3. The van der Waals surface area contributed by atoms with Crippen LogP contribution in [-0.2, 0) is 11.2 Å². The SMILES string of the molecule is CCc1ccc(C(=O)COC(=O)c2cc(OC)c(OC)c(OC)c2)cc1. The fraction of sp³-hybridized carbons (Fsp3) is 0.300. The number of esters is 1. The highest BCUT2D eigenvalue weighted by Crippen LogP contribution is 2.38. The van der Waals surface area contributed by atoms with Crippen LogP contribution in [0.3, 0.4) is 0 Å². The molecule has 0 saturated carbocycles. The molecule has 0 unspecified atom stereocenters. The number of ketones is 1. The fourth-order valence-electron chi connectivity index (χ4n) is 2.42. The Balaban J connectivity index is 2.10. The Morgan fingerprint density at radius 3 is 1.88 bits per heavy atom. The third-order valence-corrected chi connectivity index (χ3v) is 3.92. The predicted molar refractivity (Wildman–Crippen MR) is 96.5 cm³/mol. The summed E-state index contributed by atoms with van der Waals surface area (Å²) in [5, 5.41) is 0. The first-order chi connectivity index (χ1) is 12.5. The molecule has 0 aliphatic carbocycles. The second-order valence-electron chi connectivity index (χ2n) is 5.46. The van der Waals surface area contributed by atoms with Crippen LogP contribution in [0, 0.1) is 0 Å². The zero-order valence-electron chi connectivity index (χ0n) is 15.3. The molecule has 0 saturated heterocycles. The summed E-state index contributed by atoms with van der Waals surface area (Å²) in [7, 11) is 4.38. The summed E-state index contributed by atoms with van der Waals surface area (Å²) in [6, 6.07) is 10.2. The molecule has 2 aromatic rings. The van der Waals surface area contributed by atoms with Gasteiger partial charge in [0, 0.05) is 5.56 Å². The van der Waals surface area contributed by atoms with Crippen molar-refractivity contribution in [3.8, 4) is 17.2 Å². The van der Waals surface area contributed by atoms with Crippen molar-refractivity contribution in [1.29, 1.82) is 0 Å². The number of hydrogen-bond donors (Lipinski definition) is 0. The van der Waals surface area contributed by atoms with Gasteiger partial charge in [-0.05, 0) is 24.1 Å². The van der Waals surface area contributed by atoms with Crippen molar-refractivity contribution >= 4 is 11.8 Å². The van der Waals surface area contributed by atoms with Crippen molar-refractivity contribution in [2.24, 2.45) is 0 Å². The van der Waals surface area contributed by atoms with Crippen LogP contribution in [0.25, 0.3) is 0 Å². The monoisotopic (exact) mass is 358 g/mol. The standard InChI is InChI=1S/C20H22O6/c1-5-13-6-8-14(9-7-13)16(21)12-26-20(22)15-10-17(23-2)19(25-4)18(11-15)24-3/h6-11H,5,12H2,1-4H3. The van der Waals surface area contributed by atoms with E-state index in [0.717, 1.165) is 12.0 Å². The molecular formula is C20H22O6. The van der Waals surface area contributed by atoms with E-state index in [0.29, 0.717) is 22.8 Å². The van der Waals surface area contributed by atoms with Gasteiger partial charge in [-0.1, -0.05) is 31.2 Å². The Hall–Kier alpha value is -3.02. The maximum Gasteiger partial charge on any atom is 0.338 e. The van der Waals surface area contributed by atoms with Gasteiger partial charge < -0.3 is 18.9 Å². The van der Waals surface area contributed by atoms with Crippen LogP contribution in [0.2, 0.25) is 0 Å². The third-order valence-electron chi connectivity index (χ3n) is 3.92. The minimum absolute atomic E-state index is 0.202. The summed E-state index contributed by atoms with van der Waals surface area (Å²) >= 11 is 0. The van der Waals surface area contributed by atoms with Crippen LogP contribution in [0.4, 0.5) is 0 Å². The molecule has 0 atom stereocenters. The molecular weight excluding hydrogens is 336 g/mol. The number of benzene rings is 2. The number of Topliss-reactive ketones (excluding diaryl/α,β-unsaturated/α-hetero) is 1. The van der Waals surface area contributed by atoms with Crippen molar-refractivity contribution in [3.05, 3.63) is 53.1 Å². The molecule has 0 N–H and O–H groups in total. The lowest BCUT2D eigenvalue weighted by Crippen LogP contribution is -2.14. The number of ether oxygens (including phenoxy) is 4. The second kappa shape index (κ2) is 8.89. The lowest BCUT2D eigenvalue weighted by atomic mass is 10.1. The molecule has 0 aliphatic rings. The zero-order valence-corrected chi connectivity index (χ0v) is 15.3. The number of aryl methyl sites for hydroxylation is 1. The highest BCUT2D eigenvalue weighted by molar-refractivity contribution is 5.99. The third kappa shape index (κ3) is 4.33. The largest absolute Gasteiger partial charge is 0.493 e. The van der Waals surface area contributed by atoms with Crippen LogP contribution >= 0.6 is 0 Å². The van der Waals surface area contributed by atoms with Gasteiger partial charge in [0.15, 0.2) is 23.9 Å². The molecule has 0 spiro atoms. The van der Waals surface area contributed by atoms with Crippen LogP contribution < -0.4 is 14.2 Å². The molecule has 0 fully saturated rings. The van der Waals surface area contributed by atoms with E-state index in [9.17, 15) is 9.59 Å². The van der Waals surface area contributed by atoms with Crippen molar-refractivity contribution < 1.29 is 28.5 Å². The van der Waals surface area contributed by atoms with E-state index in [1.165, 1.54) is 33.5 Å². The van der Waals surface area contributed by atoms with Gasteiger partial charge in [-0.15, -0.1) is 0 Å². The molecule has 2 aromatic carbocycles. The topological polar surface area (TPSA) is 71.1 Å². The fourth-order valence-corrected chi connectivity index (χ4v) is 2.42. The molecule has 138 valence electrons. The van der Waals surface area contributed by atoms with Gasteiger partial charge in [-0.25, -0.2) is 4.79 Å². The van der Waals surface area contributed by atoms with Gasteiger partial charge in [-0.3, -0.25) is 4.79 Å². The molecule has 2 rings (SSSR count). The summed E-state index contributed by atoms with van der Waals surface area (Å²) < 4.78 is 20.8. The maximum atomic E-state index is 12.3. The van der Waals surface area contributed by atoms with Crippen LogP contribution in [-0.4, -0.2) is 39.7 Å². The highest BCUT2D eigenvalue weighted by atomic mass is 16.5. The van der Waals surface area contributed by atoms with E-state index < -0.39 is 5.97 Å². The highest BCUT2D eigenvalue weighted by Gasteiger charge is 2.19. The average Bonchev–Trinajstić information content (AvgIpc) is 2.70. The van der Waals surface area contributed by atoms with Crippen molar-refractivity contribution in [3.63, 3.8) is 0 Å². The molecule has 0 amide bonds. The number of rotatable bonds is 8. The van der Waals surface area contributed by atoms with E-state index in [-0.39, 0.29) is 18.0 Å². The molecule has 6 nitrogen and oxygen atoms in total. The predicted octanol–water partition coefficient (Wildman–Crippen LogP) is 3.31. The Kier molecular flexibility index (Phi) is 6.60. The summed E-state index contributed by atoms with van der Waals surface area (Å²) in [5.41, 5.74) is 1.84. The van der Waals surface area contributed by atoms with Gasteiger partial charge in [0.2, 0.25) is 5.75 Å². The molecule has 6 heteroatoms. The molecule has 0 radical (unpaired) electrons. The Labute approximate surface area is 152 Å². The Morgan fingerprint density at radius 2 is 1.42 bits per heavy atom. The number of carbonyl (C=O) groups excluding carboxylic acids is 2. The van der Waals surface area contributed by atoms with Crippen LogP contribution in [0.1, 0.15) is 33.2 Å². The molecule has 0 bridgehead atoms. The first-order valence-electron chi connectivity index (χ1n) is 8.13. The Morgan fingerprint density at radius 1 is 0.846 bits per heavy atom. The lowest BCUT2D eigenvalue weighted by Gasteiger charge is -2.13. The number of hydrogen-bond acceptors (Lipinski definition) is 6. The van der Waals surface area contributed by atoms with Gasteiger partial charge in [0.1, 0.15) is 0 Å². The summed E-state index contributed by atoms with van der Waals surface area (Å²) in [6.07, 6.45) is 0.893. The molecule has 26 heavy (non-hydrogen) atoms. The number of methoxy groups -OCH3 is 3. The van der Waals surface area contributed by atoms with E-state index in [4.69, 9.17) is 18.9 Å². The zero-order chi connectivity index (χ0) is 19.1. The van der Waals surface area contributed by atoms with Crippen LogP contribution in [0.15, 0.2) is 36.4 Å². The van der Waals surface area contributed by atoms with Gasteiger partial charge in [0.05, 0.1) is 26.9 Å². The van der Waals surface area contributed by atoms with E-state index >= 15 is 0 Å². The van der Waals surface area contributed by atoms with Gasteiger partial charge in [-0.2, -0.15) is 0 Å². The second-order valence-corrected chi connectivity index (χ2v) is 5.46. The smallest absolute Gasteiger partial charge is 0.338 e. The summed E-state index contributed by atoms with van der Waals surface area (Å²) in [6.45, 7) is 1.69. The average molecular weight is 358 g/mol. The summed E-state index contributed by atoms with van der Waals surface area (Å²) in [5.74, 6) is 0.121. The summed E-state index contributed by atoms with van der Waals surface area (Å²) in [4.78, 5) is 24.5. The molecule has 0 heterocycles. The minimum Gasteiger partial charge on any atom is -0.493 e. The molecule has 0 aliphatic heterocycles. The van der Waals surface area contributed by atoms with E-state index in [1.54, 1.807) is 12.1 Å². The first kappa shape index (κ1) is 19.3. The van der Waals surface area contributed by atoms with Crippen molar-refractivity contribution in [2.75, 3.05) is 27.9 Å². The molecule has 0 aromatic heterocycles. The van der Waals surface area contributed by atoms with Crippen molar-refractivity contribution in [1.82, 2.24) is 0 Å². The van der Waals surface area contributed by atoms with E-state index in [2.05, 4.69) is 0 Å². The Bertz CT molecular complexity index is 754. The van der Waals surface area contributed by atoms with Crippen LogP contribution in [0.5, 0.6) is 17.2 Å². The number of carbonyl (C=O) groups is 2. The minimum atomic E-state index is -0.650. The van der Waals surface area contributed by atoms with E-state index in [1.807, 2.05) is 19.1 Å². The van der Waals surface area contributed by atoms with Gasteiger partial charge in [0.25, 0.3) is 0 Å². The first-order valence-corrected chi connectivity index (χ1v) is 8.13. The lowest BCUT2D eigenvalue weighted by molar-refractivity contribution is 0.0474. The quantitative estimate of drug-likeness (QED) is 0.533. The normalized spacial score (nSPS) is 10.2.